The van der Waals surface area contributed by atoms with Gasteiger partial charge in [-0.3, -0.25) is 14.5 Å². The fourth-order valence-corrected chi connectivity index (χ4v) is 3.01. The number of piperidine rings is 1. The summed E-state index contributed by atoms with van der Waals surface area (Å²) in [6.07, 6.45) is 3.59. The van der Waals surface area contributed by atoms with Gasteiger partial charge in [0.15, 0.2) is 0 Å². The quantitative estimate of drug-likeness (QED) is 0.834. The second kappa shape index (κ2) is 8.36. The van der Waals surface area contributed by atoms with Crippen molar-refractivity contribution in [1.29, 1.82) is 0 Å². The molecule has 1 atom stereocenters. The summed E-state index contributed by atoms with van der Waals surface area (Å²) >= 11 is 1.53. The van der Waals surface area contributed by atoms with E-state index in [0.717, 1.165) is 43.7 Å². The Bertz CT molecular complexity index is 557. The lowest BCUT2D eigenvalue weighted by Gasteiger charge is -2.30. The Balaban J connectivity index is 1.90. The molecule has 6 heteroatoms. The van der Waals surface area contributed by atoms with Gasteiger partial charge in [-0.05, 0) is 56.8 Å². The van der Waals surface area contributed by atoms with E-state index in [1.54, 1.807) is 0 Å². The van der Waals surface area contributed by atoms with Crippen LogP contribution in [0.5, 0.6) is 0 Å². The SMILES string of the molecule is CS[C@H](C)C(=O)Nc1cccc(CN2CCC(C(N)=O)CC2)c1. The van der Waals surface area contributed by atoms with E-state index in [4.69, 9.17) is 5.73 Å². The summed E-state index contributed by atoms with van der Waals surface area (Å²) in [4.78, 5) is 25.5. The highest BCUT2D eigenvalue weighted by Crippen LogP contribution is 2.20. The van der Waals surface area contributed by atoms with Crippen LogP contribution in [-0.4, -0.2) is 41.3 Å². The van der Waals surface area contributed by atoms with E-state index in [-0.39, 0.29) is 23.0 Å². The highest BCUT2D eigenvalue weighted by Gasteiger charge is 2.23. The molecule has 3 N–H and O–H groups in total. The van der Waals surface area contributed by atoms with E-state index in [1.165, 1.54) is 11.8 Å². The molecule has 0 saturated carbocycles. The van der Waals surface area contributed by atoms with Gasteiger partial charge >= 0.3 is 0 Å². The largest absolute Gasteiger partial charge is 0.369 e. The number of nitrogens with one attached hydrogen (secondary N) is 1. The normalized spacial score (nSPS) is 17.7. The first-order valence-electron chi connectivity index (χ1n) is 7.94. The molecule has 1 aromatic carbocycles. The monoisotopic (exact) mass is 335 g/mol. The number of nitrogens with two attached hydrogens (primary N) is 1. The minimum absolute atomic E-state index is 0.0184. The average Bonchev–Trinajstić information content (AvgIpc) is 2.54. The van der Waals surface area contributed by atoms with Crippen molar-refractivity contribution in [1.82, 2.24) is 4.90 Å². The van der Waals surface area contributed by atoms with Crippen LogP contribution >= 0.6 is 11.8 Å². The fraction of sp³-hybridized carbons (Fsp3) is 0.529. The first-order valence-corrected chi connectivity index (χ1v) is 9.22. The highest BCUT2D eigenvalue weighted by molar-refractivity contribution is 7.99. The molecule has 0 unspecified atom stereocenters. The van der Waals surface area contributed by atoms with Gasteiger partial charge < -0.3 is 11.1 Å². The molecular weight excluding hydrogens is 310 g/mol. The minimum Gasteiger partial charge on any atom is -0.369 e. The number of nitrogens with zero attached hydrogens (tertiary/aromatic N) is 1. The molecule has 1 aromatic rings. The van der Waals surface area contributed by atoms with Crippen LogP contribution in [0.4, 0.5) is 5.69 Å². The van der Waals surface area contributed by atoms with Crippen molar-refractivity contribution in [3.63, 3.8) is 0 Å². The number of rotatable bonds is 6. The van der Waals surface area contributed by atoms with Gasteiger partial charge in [0.2, 0.25) is 11.8 Å². The topological polar surface area (TPSA) is 75.4 Å². The Morgan fingerprint density at radius 3 is 2.70 bits per heavy atom. The van der Waals surface area contributed by atoms with E-state index in [2.05, 4.69) is 16.3 Å². The summed E-state index contributed by atoms with van der Waals surface area (Å²) in [5.74, 6) is -0.140. The number of amides is 2. The molecule has 1 saturated heterocycles. The maximum atomic E-state index is 12.0. The number of likely N-dealkylation sites (tertiary alicyclic amines) is 1. The Morgan fingerprint density at radius 1 is 1.39 bits per heavy atom. The van der Waals surface area contributed by atoms with Crippen molar-refractivity contribution >= 4 is 29.3 Å². The van der Waals surface area contributed by atoms with Gasteiger partial charge in [-0.2, -0.15) is 11.8 Å². The summed E-state index contributed by atoms with van der Waals surface area (Å²) in [5.41, 5.74) is 7.37. The number of hydrogen-bond acceptors (Lipinski definition) is 4. The molecule has 0 spiro atoms. The van der Waals surface area contributed by atoms with E-state index < -0.39 is 0 Å². The van der Waals surface area contributed by atoms with Crippen molar-refractivity contribution in [2.45, 2.75) is 31.6 Å². The Morgan fingerprint density at radius 2 is 2.09 bits per heavy atom. The van der Waals surface area contributed by atoms with Gasteiger partial charge in [-0.1, -0.05) is 12.1 Å². The van der Waals surface area contributed by atoms with Crippen molar-refractivity contribution in [2.75, 3.05) is 24.7 Å². The van der Waals surface area contributed by atoms with Crippen LogP contribution in [0.1, 0.15) is 25.3 Å². The first kappa shape index (κ1) is 17.8. The standard InChI is InChI=1S/C17H25N3O2S/c1-12(23-2)17(22)19-15-5-3-4-13(10-15)11-20-8-6-14(7-9-20)16(18)21/h3-5,10,12,14H,6-9,11H2,1-2H3,(H2,18,21)(H,19,22)/t12-/m1/s1. The summed E-state index contributed by atoms with van der Waals surface area (Å²) in [5, 5.41) is 2.89. The second-order valence-electron chi connectivity index (χ2n) is 6.02. The maximum Gasteiger partial charge on any atom is 0.237 e. The molecule has 1 aliphatic heterocycles. The van der Waals surface area contributed by atoms with Crippen molar-refractivity contribution in [2.24, 2.45) is 11.7 Å². The van der Waals surface area contributed by atoms with E-state index in [1.807, 2.05) is 31.4 Å². The summed E-state index contributed by atoms with van der Waals surface area (Å²) in [6, 6.07) is 7.96. The molecular formula is C17H25N3O2S. The smallest absolute Gasteiger partial charge is 0.237 e. The van der Waals surface area contributed by atoms with Crippen LogP contribution in [0.15, 0.2) is 24.3 Å². The Labute approximate surface area is 142 Å². The molecule has 5 nitrogen and oxygen atoms in total. The molecule has 0 radical (unpaired) electrons. The van der Waals surface area contributed by atoms with Crippen LogP contribution in [0.2, 0.25) is 0 Å². The number of benzene rings is 1. The first-order chi connectivity index (χ1) is 11.0. The maximum absolute atomic E-state index is 12.0. The number of hydrogen-bond donors (Lipinski definition) is 2. The zero-order chi connectivity index (χ0) is 16.8. The lowest BCUT2D eigenvalue weighted by molar-refractivity contribution is -0.123. The van der Waals surface area contributed by atoms with Gasteiger partial charge in [0.25, 0.3) is 0 Å². The molecule has 2 rings (SSSR count). The summed E-state index contributed by atoms with van der Waals surface area (Å²) < 4.78 is 0. The van der Waals surface area contributed by atoms with E-state index in [0.29, 0.717) is 0 Å². The molecule has 2 amide bonds. The third-order valence-corrected chi connectivity index (χ3v) is 5.23. The number of carbonyl (C=O) groups excluding carboxylic acids is 2. The van der Waals surface area contributed by atoms with Crippen LogP contribution in [-0.2, 0) is 16.1 Å². The summed E-state index contributed by atoms with van der Waals surface area (Å²) in [6.45, 7) is 4.49. The van der Waals surface area contributed by atoms with Crippen molar-refractivity contribution in [3.05, 3.63) is 29.8 Å². The van der Waals surface area contributed by atoms with Crippen molar-refractivity contribution in [3.8, 4) is 0 Å². The molecule has 0 aliphatic carbocycles. The number of anilines is 1. The van der Waals surface area contributed by atoms with Crippen LogP contribution < -0.4 is 11.1 Å². The number of thioether (sulfide) groups is 1. The predicted molar refractivity (Wildman–Crippen MR) is 95.2 cm³/mol. The third kappa shape index (κ3) is 5.25. The Kier molecular flexibility index (Phi) is 6.47. The van der Waals surface area contributed by atoms with Crippen LogP contribution in [0.25, 0.3) is 0 Å². The fourth-order valence-electron chi connectivity index (χ4n) is 2.73. The lowest BCUT2D eigenvalue weighted by Crippen LogP contribution is -2.38. The second-order valence-corrected chi connectivity index (χ2v) is 7.20. The molecule has 0 bridgehead atoms. The summed E-state index contributed by atoms with van der Waals surface area (Å²) in [7, 11) is 0. The molecule has 23 heavy (non-hydrogen) atoms. The van der Waals surface area contributed by atoms with E-state index >= 15 is 0 Å². The average molecular weight is 335 g/mol. The van der Waals surface area contributed by atoms with Crippen molar-refractivity contribution < 1.29 is 9.59 Å². The zero-order valence-corrected chi connectivity index (χ0v) is 14.6. The van der Waals surface area contributed by atoms with Gasteiger partial charge in [-0.15, -0.1) is 0 Å². The molecule has 0 aromatic heterocycles. The minimum atomic E-state index is -0.183. The van der Waals surface area contributed by atoms with Gasteiger partial charge in [0.05, 0.1) is 5.25 Å². The molecule has 1 aliphatic rings. The number of primary amides is 1. The molecule has 126 valence electrons. The van der Waals surface area contributed by atoms with E-state index in [9.17, 15) is 9.59 Å². The Hall–Kier alpha value is -1.53. The third-order valence-electron chi connectivity index (χ3n) is 4.31. The lowest BCUT2D eigenvalue weighted by atomic mass is 9.96. The zero-order valence-electron chi connectivity index (χ0n) is 13.7. The van der Waals surface area contributed by atoms with Gasteiger partial charge in [0, 0.05) is 18.2 Å². The van der Waals surface area contributed by atoms with Gasteiger partial charge in [-0.25, -0.2) is 0 Å². The van der Waals surface area contributed by atoms with Crippen LogP contribution in [0, 0.1) is 5.92 Å². The van der Waals surface area contributed by atoms with Crippen LogP contribution in [0.3, 0.4) is 0 Å². The molecule has 1 fully saturated rings. The molecule has 1 heterocycles. The number of carbonyl (C=O) groups is 2. The highest BCUT2D eigenvalue weighted by atomic mass is 32.2. The predicted octanol–water partition coefficient (Wildman–Crippen LogP) is 2.07. The van der Waals surface area contributed by atoms with Gasteiger partial charge in [0.1, 0.15) is 0 Å².